The number of hydrogen-bond donors (Lipinski definition) is 1. The lowest BCUT2D eigenvalue weighted by Crippen LogP contribution is -2.36. The number of ether oxygens (including phenoxy) is 1. The van der Waals surface area contributed by atoms with Gasteiger partial charge in [-0.05, 0) is 31.0 Å². The molecule has 0 spiro atoms. The third-order valence-corrected chi connectivity index (χ3v) is 3.93. The minimum Gasteiger partial charge on any atom is -0.496 e. The smallest absolute Gasteiger partial charge is 0.124 e. The lowest BCUT2D eigenvalue weighted by atomic mass is 9.83. The number of nitrogens with two attached hydrogens (primary N) is 1. The molecule has 0 radical (unpaired) electrons. The fraction of sp³-hybridized carbons (Fsp3) is 0.571. The highest BCUT2D eigenvalue weighted by Gasteiger charge is 2.31. The van der Waals surface area contributed by atoms with Crippen LogP contribution in [0.25, 0.3) is 0 Å². The summed E-state index contributed by atoms with van der Waals surface area (Å²) in [5.41, 5.74) is 7.38. The zero-order chi connectivity index (χ0) is 12.3. The van der Waals surface area contributed by atoms with Gasteiger partial charge in [0.1, 0.15) is 5.75 Å². The fourth-order valence-corrected chi connectivity index (χ4v) is 2.87. The molecule has 0 aromatic heterocycles. The van der Waals surface area contributed by atoms with Crippen molar-refractivity contribution in [3.05, 3.63) is 28.8 Å². The second-order valence-corrected chi connectivity index (χ2v) is 5.35. The molecule has 1 fully saturated rings. The molecule has 1 aromatic rings. The van der Waals surface area contributed by atoms with E-state index >= 15 is 0 Å². The lowest BCUT2D eigenvalue weighted by molar-refractivity contribution is 0.349. The zero-order valence-electron chi connectivity index (χ0n) is 10.3. The van der Waals surface area contributed by atoms with Gasteiger partial charge < -0.3 is 10.5 Å². The Balaban J connectivity index is 2.38. The van der Waals surface area contributed by atoms with Crippen LogP contribution in [0.1, 0.15) is 44.1 Å². The molecule has 1 aliphatic rings. The Bertz CT molecular complexity index is 384. The van der Waals surface area contributed by atoms with Gasteiger partial charge in [-0.1, -0.05) is 37.3 Å². The van der Waals surface area contributed by atoms with E-state index in [0.29, 0.717) is 0 Å². The molecule has 0 bridgehead atoms. The highest BCUT2D eigenvalue weighted by atomic mass is 35.5. The van der Waals surface area contributed by atoms with Crippen molar-refractivity contribution in [2.45, 2.75) is 44.1 Å². The first-order valence-electron chi connectivity index (χ1n) is 6.29. The van der Waals surface area contributed by atoms with Crippen molar-refractivity contribution in [3.8, 4) is 5.75 Å². The molecule has 2 nitrogen and oxygen atoms in total. The summed E-state index contributed by atoms with van der Waals surface area (Å²) in [6.45, 7) is 0. The summed E-state index contributed by atoms with van der Waals surface area (Å²) >= 11 is 6.08. The van der Waals surface area contributed by atoms with Gasteiger partial charge in [0.2, 0.25) is 0 Å². The number of rotatable bonds is 2. The zero-order valence-corrected chi connectivity index (χ0v) is 11.1. The number of hydrogen-bond acceptors (Lipinski definition) is 2. The predicted molar refractivity (Wildman–Crippen MR) is 71.6 cm³/mol. The average molecular weight is 254 g/mol. The van der Waals surface area contributed by atoms with Gasteiger partial charge in [0.25, 0.3) is 0 Å². The van der Waals surface area contributed by atoms with Gasteiger partial charge in [0.05, 0.1) is 7.11 Å². The van der Waals surface area contributed by atoms with E-state index in [0.717, 1.165) is 29.2 Å². The Kier molecular flexibility index (Phi) is 3.95. The molecule has 94 valence electrons. The molecule has 3 heteroatoms. The van der Waals surface area contributed by atoms with Crippen LogP contribution in [0, 0.1) is 0 Å². The molecule has 2 rings (SSSR count). The first-order chi connectivity index (χ1) is 8.15. The molecule has 0 atom stereocenters. The van der Waals surface area contributed by atoms with Crippen molar-refractivity contribution < 1.29 is 4.74 Å². The van der Waals surface area contributed by atoms with Crippen LogP contribution in [0.2, 0.25) is 5.02 Å². The van der Waals surface area contributed by atoms with Gasteiger partial charge in [0, 0.05) is 16.1 Å². The number of halogens is 1. The minimum absolute atomic E-state index is 0.271. The summed E-state index contributed by atoms with van der Waals surface area (Å²) in [4.78, 5) is 0. The first kappa shape index (κ1) is 12.7. The maximum atomic E-state index is 6.59. The standard InChI is InChI=1S/C14H20ClNO/c1-17-13-7-6-11(15)10-12(13)14(16)8-4-2-3-5-9-14/h6-7,10H,2-5,8-9,16H2,1H3. The molecule has 0 heterocycles. The third kappa shape index (κ3) is 2.75. The second-order valence-electron chi connectivity index (χ2n) is 4.91. The number of benzene rings is 1. The molecular weight excluding hydrogens is 234 g/mol. The van der Waals surface area contributed by atoms with Crippen molar-refractivity contribution in [1.82, 2.24) is 0 Å². The van der Waals surface area contributed by atoms with Crippen molar-refractivity contribution in [3.63, 3.8) is 0 Å². The molecule has 1 aromatic carbocycles. The van der Waals surface area contributed by atoms with E-state index in [1.54, 1.807) is 7.11 Å². The topological polar surface area (TPSA) is 35.2 Å². The molecule has 0 aliphatic heterocycles. The lowest BCUT2D eigenvalue weighted by Gasteiger charge is -2.30. The van der Waals surface area contributed by atoms with Crippen molar-refractivity contribution >= 4 is 11.6 Å². The monoisotopic (exact) mass is 253 g/mol. The van der Waals surface area contributed by atoms with Crippen LogP contribution in [0.5, 0.6) is 5.75 Å². The highest BCUT2D eigenvalue weighted by molar-refractivity contribution is 6.30. The van der Waals surface area contributed by atoms with E-state index in [9.17, 15) is 0 Å². The molecule has 17 heavy (non-hydrogen) atoms. The summed E-state index contributed by atoms with van der Waals surface area (Å²) in [5.74, 6) is 0.860. The minimum atomic E-state index is -0.271. The number of methoxy groups -OCH3 is 1. The van der Waals surface area contributed by atoms with E-state index in [-0.39, 0.29) is 5.54 Å². The van der Waals surface area contributed by atoms with E-state index < -0.39 is 0 Å². The van der Waals surface area contributed by atoms with Gasteiger partial charge in [-0.2, -0.15) is 0 Å². The Morgan fingerprint density at radius 2 is 1.82 bits per heavy atom. The molecule has 1 saturated carbocycles. The summed E-state index contributed by atoms with van der Waals surface area (Å²) < 4.78 is 5.42. The van der Waals surface area contributed by atoms with Gasteiger partial charge in [-0.15, -0.1) is 0 Å². The van der Waals surface area contributed by atoms with E-state index in [1.165, 1.54) is 25.7 Å². The van der Waals surface area contributed by atoms with E-state index in [2.05, 4.69) is 0 Å². The predicted octanol–water partition coefficient (Wildman–Crippen LogP) is 3.86. The molecule has 0 saturated heterocycles. The highest BCUT2D eigenvalue weighted by Crippen LogP contribution is 2.39. The normalized spacial score (nSPS) is 19.7. The second kappa shape index (κ2) is 5.28. The summed E-state index contributed by atoms with van der Waals surface area (Å²) in [6, 6.07) is 5.73. The maximum absolute atomic E-state index is 6.59. The molecule has 0 unspecified atom stereocenters. The third-order valence-electron chi connectivity index (χ3n) is 3.69. The van der Waals surface area contributed by atoms with Gasteiger partial charge >= 0.3 is 0 Å². The summed E-state index contributed by atoms with van der Waals surface area (Å²) in [6.07, 6.45) is 6.97. The van der Waals surface area contributed by atoms with Crippen LogP contribution in [-0.2, 0) is 5.54 Å². The maximum Gasteiger partial charge on any atom is 0.124 e. The van der Waals surface area contributed by atoms with Crippen molar-refractivity contribution in [1.29, 1.82) is 0 Å². The molecular formula is C14H20ClNO. The molecule has 0 amide bonds. The van der Waals surface area contributed by atoms with E-state index in [1.807, 2.05) is 18.2 Å². The van der Waals surface area contributed by atoms with Crippen LogP contribution >= 0.6 is 11.6 Å². The van der Waals surface area contributed by atoms with Crippen molar-refractivity contribution in [2.75, 3.05) is 7.11 Å². The van der Waals surface area contributed by atoms with Gasteiger partial charge in [-0.3, -0.25) is 0 Å². The largest absolute Gasteiger partial charge is 0.496 e. The first-order valence-corrected chi connectivity index (χ1v) is 6.66. The Labute approximate surface area is 108 Å². The van der Waals surface area contributed by atoms with Crippen LogP contribution in [0.4, 0.5) is 0 Å². The van der Waals surface area contributed by atoms with Gasteiger partial charge in [0.15, 0.2) is 0 Å². The SMILES string of the molecule is COc1ccc(Cl)cc1C1(N)CCCCCC1. The fourth-order valence-electron chi connectivity index (χ4n) is 2.70. The Morgan fingerprint density at radius 1 is 1.18 bits per heavy atom. The van der Waals surface area contributed by atoms with Crippen molar-refractivity contribution in [2.24, 2.45) is 5.73 Å². The summed E-state index contributed by atoms with van der Waals surface area (Å²) in [5, 5.41) is 0.731. The van der Waals surface area contributed by atoms with Crippen LogP contribution in [0.3, 0.4) is 0 Å². The molecule has 1 aliphatic carbocycles. The van der Waals surface area contributed by atoms with Crippen LogP contribution in [-0.4, -0.2) is 7.11 Å². The van der Waals surface area contributed by atoms with Gasteiger partial charge in [-0.25, -0.2) is 0 Å². The Morgan fingerprint density at radius 3 is 2.41 bits per heavy atom. The summed E-state index contributed by atoms with van der Waals surface area (Å²) in [7, 11) is 1.69. The van der Waals surface area contributed by atoms with Crippen LogP contribution in [0.15, 0.2) is 18.2 Å². The average Bonchev–Trinajstić information content (AvgIpc) is 2.55. The van der Waals surface area contributed by atoms with Crippen LogP contribution < -0.4 is 10.5 Å². The Hall–Kier alpha value is -0.730. The van der Waals surface area contributed by atoms with E-state index in [4.69, 9.17) is 22.1 Å². The molecule has 2 N–H and O–H groups in total. The quantitative estimate of drug-likeness (QED) is 0.813.